The molecule has 1 heterocycles. The first-order valence-corrected chi connectivity index (χ1v) is 6.80. The lowest BCUT2D eigenvalue weighted by molar-refractivity contribution is 0.527. The fraction of sp³-hybridized carbons (Fsp3) is 0.0625. The molecular formula is C16H12BrNO. The Balaban J connectivity index is 2.18. The van der Waals surface area contributed by atoms with Crippen molar-refractivity contribution in [2.45, 2.75) is 0 Å². The van der Waals surface area contributed by atoms with E-state index in [1.807, 2.05) is 54.6 Å². The van der Waals surface area contributed by atoms with Crippen LogP contribution in [-0.4, -0.2) is 12.9 Å². The Morgan fingerprint density at radius 2 is 1.58 bits per heavy atom. The third-order valence-electron chi connectivity index (χ3n) is 3.03. The number of rotatable bonds is 1. The van der Waals surface area contributed by atoms with Gasteiger partial charge in [-0.05, 0) is 27.6 Å². The van der Waals surface area contributed by atoms with Crippen LogP contribution in [0.1, 0.15) is 16.7 Å². The molecule has 19 heavy (non-hydrogen) atoms. The number of ether oxygens (including phenoxy) is 1. The third kappa shape index (κ3) is 2.10. The molecule has 0 radical (unpaired) electrons. The zero-order valence-electron chi connectivity index (χ0n) is 10.4. The number of fused-ring (bicyclic) bond motifs is 1. The minimum Gasteiger partial charge on any atom is -0.437 e. The van der Waals surface area contributed by atoms with Crippen molar-refractivity contribution in [1.29, 1.82) is 0 Å². The summed E-state index contributed by atoms with van der Waals surface area (Å²) in [6, 6.07) is 18.2. The summed E-state index contributed by atoms with van der Waals surface area (Å²) >= 11 is 3.64. The number of hydrogen-bond donors (Lipinski definition) is 0. The zero-order chi connectivity index (χ0) is 13.2. The summed E-state index contributed by atoms with van der Waals surface area (Å²) in [7, 11) is 1.74. The van der Waals surface area contributed by atoms with E-state index in [2.05, 4.69) is 20.9 Å². The fourth-order valence-corrected chi connectivity index (χ4v) is 2.68. The van der Waals surface area contributed by atoms with Gasteiger partial charge in [-0.3, -0.25) is 4.99 Å². The lowest BCUT2D eigenvalue weighted by Crippen LogP contribution is -1.95. The topological polar surface area (TPSA) is 21.6 Å². The molecule has 0 fully saturated rings. The van der Waals surface area contributed by atoms with Crippen LogP contribution < -0.4 is 0 Å². The van der Waals surface area contributed by atoms with Gasteiger partial charge in [0.15, 0.2) is 5.76 Å². The fourth-order valence-electron chi connectivity index (χ4n) is 2.12. The lowest BCUT2D eigenvalue weighted by atomic mass is 10.1. The normalized spacial score (nSPS) is 18.1. The largest absolute Gasteiger partial charge is 0.437 e. The van der Waals surface area contributed by atoms with Gasteiger partial charge in [-0.15, -0.1) is 0 Å². The van der Waals surface area contributed by atoms with E-state index in [-0.39, 0.29) is 0 Å². The van der Waals surface area contributed by atoms with Gasteiger partial charge in [-0.1, -0.05) is 48.5 Å². The van der Waals surface area contributed by atoms with Crippen LogP contribution in [-0.2, 0) is 4.74 Å². The van der Waals surface area contributed by atoms with E-state index in [1.54, 1.807) is 7.05 Å². The summed E-state index contributed by atoms with van der Waals surface area (Å²) in [5.74, 6) is 1.49. The predicted molar refractivity (Wildman–Crippen MR) is 82.2 cm³/mol. The average molecular weight is 314 g/mol. The van der Waals surface area contributed by atoms with E-state index < -0.39 is 0 Å². The van der Waals surface area contributed by atoms with E-state index >= 15 is 0 Å². The van der Waals surface area contributed by atoms with Gasteiger partial charge in [-0.2, -0.15) is 0 Å². The summed E-state index contributed by atoms with van der Waals surface area (Å²) in [5.41, 5.74) is 3.19. The Morgan fingerprint density at radius 1 is 0.947 bits per heavy atom. The van der Waals surface area contributed by atoms with E-state index in [0.29, 0.717) is 5.90 Å². The van der Waals surface area contributed by atoms with Crippen LogP contribution in [0.3, 0.4) is 0 Å². The van der Waals surface area contributed by atoms with Crippen molar-refractivity contribution in [2.75, 3.05) is 7.05 Å². The monoisotopic (exact) mass is 313 g/mol. The molecule has 0 aromatic heterocycles. The summed E-state index contributed by atoms with van der Waals surface area (Å²) < 4.78 is 6.82. The Morgan fingerprint density at radius 3 is 2.26 bits per heavy atom. The lowest BCUT2D eigenvalue weighted by Gasteiger charge is -2.05. The number of halogens is 1. The molecule has 1 aliphatic heterocycles. The zero-order valence-corrected chi connectivity index (χ0v) is 12.0. The summed E-state index contributed by atoms with van der Waals surface area (Å²) in [4.78, 5) is 4.19. The maximum absolute atomic E-state index is 5.88. The molecule has 2 aromatic carbocycles. The van der Waals surface area contributed by atoms with Gasteiger partial charge >= 0.3 is 0 Å². The van der Waals surface area contributed by atoms with Crippen LogP contribution in [0.4, 0.5) is 0 Å². The standard InChI is InChI=1S/C16H12BrNO/c1-18-16-13-10-6-5-9-12(13)15(19-16)14(17)11-7-3-2-4-8-11/h2-10H,1H3/b15-14+,18-16?. The van der Waals surface area contributed by atoms with Crippen LogP contribution in [0.2, 0.25) is 0 Å². The molecule has 2 aromatic rings. The molecule has 0 saturated carbocycles. The van der Waals surface area contributed by atoms with E-state index in [4.69, 9.17) is 4.74 Å². The minimum absolute atomic E-state index is 0.665. The summed E-state index contributed by atoms with van der Waals surface area (Å²) in [5, 5.41) is 0. The van der Waals surface area contributed by atoms with Crippen LogP contribution >= 0.6 is 15.9 Å². The highest BCUT2D eigenvalue weighted by Crippen LogP contribution is 2.38. The number of nitrogens with zero attached hydrogens (tertiary/aromatic N) is 1. The number of benzene rings is 2. The highest BCUT2D eigenvalue weighted by Gasteiger charge is 2.26. The highest BCUT2D eigenvalue weighted by atomic mass is 79.9. The Kier molecular flexibility index (Phi) is 3.22. The van der Waals surface area contributed by atoms with Gasteiger partial charge in [0.2, 0.25) is 5.90 Å². The Hall–Kier alpha value is -1.87. The predicted octanol–water partition coefficient (Wildman–Crippen LogP) is 4.31. The van der Waals surface area contributed by atoms with Gasteiger partial charge in [0, 0.05) is 18.2 Å². The van der Waals surface area contributed by atoms with E-state index in [1.165, 1.54) is 0 Å². The molecule has 3 rings (SSSR count). The molecule has 0 spiro atoms. The molecule has 0 unspecified atom stereocenters. The maximum atomic E-state index is 5.88. The van der Waals surface area contributed by atoms with Crippen LogP contribution in [0.25, 0.3) is 10.2 Å². The van der Waals surface area contributed by atoms with Crippen LogP contribution in [0, 0.1) is 0 Å². The molecule has 2 nitrogen and oxygen atoms in total. The molecule has 1 aliphatic rings. The first-order chi connectivity index (χ1) is 9.31. The SMILES string of the molecule is CN=C1O/C(=C(/Br)c2ccccc2)c2ccccc21. The minimum atomic E-state index is 0.665. The first kappa shape index (κ1) is 12.2. The highest BCUT2D eigenvalue weighted by molar-refractivity contribution is 9.15. The number of aliphatic imine (C=N–C) groups is 1. The molecule has 3 heteroatoms. The average Bonchev–Trinajstić information content (AvgIpc) is 2.86. The summed E-state index contributed by atoms with van der Waals surface area (Å²) in [6.07, 6.45) is 0. The van der Waals surface area contributed by atoms with Crippen molar-refractivity contribution >= 4 is 32.1 Å². The molecular weight excluding hydrogens is 302 g/mol. The molecule has 0 bridgehead atoms. The van der Waals surface area contributed by atoms with Crippen molar-refractivity contribution in [3.63, 3.8) is 0 Å². The quantitative estimate of drug-likeness (QED) is 0.768. The van der Waals surface area contributed by atoms with Gasteiger partial charge in [0.1, 0.15) is 0 Å². The second-order valence-corrected chi connectivity index (χ2v) is 4.98. The van der Waals surface area contributed by atoms with Gasteiger partial charge in [0.25, 0.3) is 0 Å². The van der Waals surface area contributed by atoms with Crippen molar-refractivity contribution in [3.05, 3.63) is 71.3 Å². The molecule has 0 N–H and O–H groups in total. The van der Waals surface area contributed by atoms with E-state index in [9.17, 15) is 0 Å². The molecule has 94 valence electrons. The van der Waals surface area contributed by atoms with Gasteiger partial charge < -0.3 is 4.74 Å². The van der Waals surface area contributed by atoms with Crippen LogP contribution in [0.5, 0.6) is 0 Å². The van der Waals surface area contributed by atoms with Gasteiger partial charge in [-0.25, -0.2) is 0 Å². The molecule has 0 saturated heterocycles. The molecule has 0 amide bonds. The smallest absolute Gasteiger partial charge is 0.222 e. The Bertz CT molecular complexity index is 674. The Labute approximate surface area is 120 Å². The molecule has 0 aliphatic carbocycles. The van der Waals surface area contributed by atoms with Crippen molar-refractivity contribution in [1.82, 2.24) is 0 Å². The second-order valence-electron chi connectivity index (χ2n) is 4.19. The first-order valence-electron chi connectivity index (χ1n) is 6.01. The van der Waals surface area contributed by atoms with Crippen LogP contribution in [0.15, 0.2) is 59.6 Å². The number of hydrogen-bond acceptors (Lipinski definition) is 2. The van der Waals surface area contributed by atoms with Crippen molar-refractivity contribution in [2.24, 2.45) is 4.99 Å². The molecule has 0 atom stereocenters. The third-order valence-corrected chi connectivity index (χ3v) is 3.85. The maximum Gasteiger partial charge on any atom is 0.222 e. The second kappa shape index (κ2) is 5.02. The van der Waals surface area contributed by atoms with E-state index in [0.717, 1.165) is 26.9 Å². The van der Waals surface area contributed by atoms with Crippen molar-refractivity contribution in [3.8, 4) is 0 Å². The van der Waals surface area contributed by atoms with Gasteiger partial charge in [0.05, 0.1) is 4.48 Å². The van der Waals surface area contributed by atoms with Crippen molar-refractivity contribution < 1.29 is 4.74 Å². The summed E-state index contributed by atoms with van der Waals surface area (Å²) in [6.45, 7) is 0.